The third-order valence-corrected chi connectivity index (χ3v) is 4.33. The summed E-state index contributed by atoms with van der Waals surface area (Å²) in [6.07, 6.45) is 1.01. The number of aromatic nitrogens is 2. The van der Waals surface area contributed by atoms with Gasteiger partial charge in [0.1, 0.15) is 5.75 Å². The highest BCUT2D eigenvalue weighted by Gasteiger charge is 2.35. The average Bonchev–Trinajstić information content (AvgIpc) is 3.14. The molecule has 0 radical (unpaired) electrons. The fourth-order valence-corrected chi connectivity index (χ4v) is 2.86. The highest BCUT2D eigenvalue weighted by atomic mass is 16.5. The van der Waals surface area contributed by atoms with Crippen LogP contribution in [-0.2, 0) is 0 Å². The zero-order valence-corrected chi connectivity index (χ0v) is 13.5. The summed E-state index contributed by atoms with van der Waals surface area (Å²) in [5.41, 5.74) is 0.931. The molecule has 0 saturated carbocycles. The van der Waals surface area contributed by atoms with Gasteiger partial charge in [0, 0.05) is 18.2 Å². The van der Waals surface area contributed by atoms with Crippen LogP contribution in [-0.4, -0.2) is 60.8 Å². The summed E-state index contributed by atoms with van der Waals surface area (Å²) in [5.74, 6) is 2.13. The van der Waals surface area contributed by atoms with E-state index in [1.54, 1.807) is 7.11 Å². The van der Waals surface area contributed by atoms with Gasteiger partial charge in [0.05, 0.1) is 13.2 Å². The summed E-state index contributed by atoms with van der Waals surface area (Å²) < 4.78 is 10.7. The fourth-order valence-electron chi connectivity index (χ4n) is 2.86. The van der Waals surface area contributed by atoms with Crippen molar-refractivity contribution < 1.29 is 9.26 Å². The molecule has 22 heavy (non-hydrogen) atoms. The molecule has 6 heteroatoms. The van der Waals surface area contributed by atoms with Gasteiger partial charge in [-0.1, -0.05) is 5.16 Å². The second-order valence-electron chi connectivity index (χ2n) is 5.99. The number of likely N-dealkylation sites (N-methyl/N-ethyl adjacent to an activating group) is 2. The lowest BCUT2D eigenvalue weighted by Crippen LogP contribution is -2.30. The highest BCUT2D eigenvalue weighted by molar-refractivity contribution is 5.55. The fraction of sp³-hybridized carbons (Fsp3) is 0.500. The smallest absolute Gasteiger partial charge is 0.244 e. The van der Waals surface area contributed by atoms with Crippen molar-refractivity contribution in [2.24, 2.45) is 0 Å². The van der Waals surface area contributed by atoms with Crippen molar-refractivity contribution in [1.29, 1.82) is 0 Å². The Hall–Kier alpha value is -1.92. The Morgan fingerprint density at radius 1 is 1.27 bits per heavy atom. The Bertz CT molecular complexity index is 623. The van der Waals surface area contributed by atoms with E-state index in [4.69, 9.17) is 9.26 Å². The third-order valence-electron chi connectivity index (χ3n) is 4.33. The number of likely N-dealkylation sites (tertiary alicyclic amines) is 1. The first kappa shape index (κ1) is 15.0. The quantitative estimate of drug-likeness (QED) is 0.861. The summed E-state index contributed by atoms with van der Waals surface area (Å²) in [4.78, 5) is 9.10. The number of rotatable bonds is 4. The van der Waals surface area contributed by atoms with Gasteiger partial charge in [0.2, 0.25) is 11.7 Å². The summed E-state index contributed by atoms with van der Waals surface area (Å²) in [5, 5.41) is 4.12. The molecule has 3 rings (SSSR count). The van der Waals surface area contributed by atoms with Crippen molar-refractivity contribution in [3.05, 3.63) is 30.2 Å². The first-order valence-electron chi connectivity index (χ1n) is 7.43. The number of methoxy groups -OCH3 is 1. The molecule has 0 N–H and O–H groups in total. The maximum Gasteiger partial charge on any atom is 0.244 e. The molecule has 2 atom stereocenters. The maximum absolute atomic E-state index is 5.51. The van der Waals surface area contributed by atoms with E-state index >= 15 is 0 Å². The molecule has 1 aromatic carbocycles. The van der Waals surface area contributed by atoms with Crippen LogP contribution in [0.15, 0.2) is 28.8 Å². The van der Waals surface area contributed by atoms with Crippen LogP contribution in [0.3, 0.4) is 0 Å². The van der Waals surface area contributed by atoms with E-state index in [2.05, 4.69) is 41.1 Å². The van der Waals surface area contributed by atoms with Crippen molar-refractivity contribution in [2.75, 3.05) is 34.8 Å². The second-order valence-corrected chi connectivity index (χ2v) is 5.99. The van der Waals surface area contributed by atoms with Gasteiger partial charge in [-0.15, -0.1) is 0 Å². The molecule has 118 valence electrons. The standard InChI is InChI=1S/C16H22N4O2/c1-19(2)12-9-14(20(3)10-12)16-17-15(18-22-16)11-5-7-13(21-4)8-6-11/h5-8,12,14H,9-10H2,1-4H3. The van der Waals surface area contributed by atoms with E-state index < -0.39 is 0 Å². The summed E-state index contributed by atoms with van der Waals surface area (Å²) in [6, 6.07) is 8.38. The minimum Gasteiger partial charge on any atom is -0.497 e. The van der Waals surface area contributed by atoms with Crippen molar-refractivity contribution in [1.82, 2.24) is 19.9 Å². The molecule has 1 aromatic heterocycles. The molecular weight excluding hydrogens is 280 g/mol. The van der Waals surface area contributed by atoms with Gasteiger partial charge in [0.25, 0.3) is 0 Å². The monoisotopic (exact) mass is 302 g/mol. The Kier molecular flexibility index (Phi) is 4.13. The lowest BCUT2D eigenvalue weighted by molar-refractivity contribution is 0.242. The van der Waals surface area contributed by atoms with E-state index in [0.717, 1.165) is 24.3 Å². The molecule has 2 aromatic rings. The largest absolute Gasteiger partial charge is 0.497 e. The van der Waals surface area contributed by atoms with Crippen LogP contribution in [0.5, 0.6) is 5.75 Å². The molecule has 1 aliphatic rings. The molecule has 1 fully saturated rings. The molecule has 2 unspecified atom stereocenters. The van der Waals surface area contributed by atoms with Gasteiger partial charge < -0.3 is 14.2 Å². The van der Waals surface area contributed by atoms with Crippen molar-refractivity contribution in [3.63, 3.8) is 0 Å². The molecule has 0 aliphatic carbocycles. The second kappa shape index (κ2) is 6.06. The van der Waals surface area contributed by atoms with Crippen LogP contribution < -0.4 is 4.74 Å². The summed E-state index contributed by atoms with van der Waals surface area (Å²) in [6.45, 7) is 1.01. The molecule has 0 spiro atoms. The van der Waals surface area contributed by atoms with E-state index in [0.29, 0.717) is 17.8 Å². The molecular formula is C16H22N4O2. The van der Waals surface area contributed by atoms with E-state index in [1.165, 1.54) is 0 Å². The zero-order chi connectivity index (χ0) is 15.7. The Labute approximate surface area is 130 Å². The summed E-state index contributed by atoms with van der Waals surface area (Å²) in [7, 11) is 7.97. The minimum absolute atomic E-state index is 0.187. The Balaban J connectivity index is 1.78. The maximum atomic E-state index is 5.51. The van der Waals surface area contributed by atoms with E-state index in [1.807, 2.05) is 24.3 Å². The number of hydrogen-bond donors (Lipinski definition) is 0. The van der Waals surface area contributed by atoms with E-state index in [9.17, 15) is 0 Å². The highest BCUT2D eigenvalue weighted by Crippen LogP contribution is 2.32. The normalized spacial score (nSPS) is 22.4. The average molecular weight is 302 g/mol. The first-order valence-corrected chi connectivity index (χ1v) is 7.43. The van der Waals surface area contributed by atoms with Gasteiger partial charge in [-0.3, -0.25) is 4.90 Å². The molecule has 0 amide bonds. The van der Waals surface area contributed by atoms with Crippen molar-refractivity contribution in [3.8, 4) is 17.1 Å². The van der Waals surface area contributed by atoms with Gasteiger partial charge in [-0.05, 0) is 51.8 Å². The van der Waals surface area contributed by atoms with Crippen LogP contribution in [0.2, 0.25) is 0 Å². The predicted molar refractivity (Wildman–Crippen MR) is 83.7 cm³/mol. The van der Waals surface area contributed by atoms with Gasteiger partial charge in [0.15, 0.2) is 0 Å². The van der Waals surface area contributed by atoms with Gasteiger partial charge in [-0.2, -0.15) is 4.98 Å². The van der Waals surface area contributed by atoms with Gasteiger partial charge in [-0.25, -0.2) is 0 Å². The number of benzene rings is 1. The zero-order valence-electron chi connectivity index (χ0n) is 13.5. The number of hydrogen-bond acceptors (Lipinski definition) is 6. The summed E-state index contributed by atoms with van der Waals surface area (Å²) >= 11 is 0. The predicted octanol–water partition coefficient (Wildman–Crippen LogP) is 2.05. The minimum atomic E-state index is 0.187. The Morgan fingerprint density at radius 3 is 2.59 bits per heavy atom. The molecule has 0 bridgehead atoms. The number of ether oxygens (including phenoxy) is 1. The Morgan fingerprint density at radius 2 is 2.00 bits per heavy atom. The van der Waals surface area contributed by atoms with Crippen LogP contribution >= 0.6 is 0 Å². The van der Waals surface area contributed by atoms with Crippen LogP contribution in [0.1, 0.15) is 18.4 Å². The molecule has 2 heterocycles. The van der Waals surface area contributed by atoms with E-state index in [-0.39, 0.29) is 6.04 Å². The third kappa shape index (κ3) is 2.84. The number of nitrogens with zero attached hydrogens (tertiary/aromatic N) is 4. The van der Waals surface area contributed by atoms with Crippen LogP contribution in [0.25, 0.3) is 11.4 Å². The SMILES string of the molecule is COc1ccc(-c2noc(C3CC(N(C)C)CN3C)n2)cc1. The van der Waals surface area contributed by atoms with Gasteiger partial charge >= 0.3 is 0 Å². The van der Waals surface area contributed by atoms with Crippen LogP contribution in [0, 0.1) is 0 Å². The lowest BCUT2D eigenvalue weighted by Gasteiger charge is -2.17. The van der Waals surface area contributed by atoms with Crippen LogP contribution in [0.4, 0.5) is 0 Å². The molecule has 6 nitrogen and oxygen atoms in total. The topological polar surface area (TPSA) is 54.6 Å². The molecule has 1 aliphatic heterocycles. The first-order chi connectivity index (χ1) is 10.6. The molecule has 1 saturated heterocycles. The lowest BCUT2D eigenvalue weighted by atomic mass is 10.1. The van der Waals surface area contributed by atoms with Crippen molar-refractivity contribution >= 4 is 0 Å². The van der Waals surface area contributed by atoms with Crippen molar-refractivity contribution in [2.45, 2.75) is 18.5 Å².